The van der Waals surface area contributed by atoms with E-state index in [0.717, 1.165) is 25.2 Å². The Morgan fingerprint density at radius 1 is 1.19 bits per heavy atom. The van der Waals surface area contributed by atoms with Crippen LogP contribution in [0, 0.1) is 18.2 Å². The van der Waals surface area contributed by atoms with Gasteiger partial charge in [0.25, 0.3) is 5.91 Å². The van der Waals surface area contributed by atoms with Crippen molar-refractivity contribution in [1.82, 2.24) is 15.3 Å². The van der Waals surface area contributed by atoms with Gasteiger partial charge in [-0.1, -0.05) is 18.2 Å². The Kier molecular flexibility index (Phi) is 8.77. The summed E-state index contributed by atoms with van der Waals surface area (Å²) in [6, 6.07) is 10.1. The molecule has 218 valence electrons. The largest absolute Gasteiger partial charge is 0.492 e. The van der Waals surface area contributed by atoms with Crippen LogP contribution >= 0.6 is 0 Å². The molecule has 1 saturated heterocycles. The molecule has 0 atom stereocenters. The summed E-state index contributed by atoms with van der Waals surface area (Å²) in [5.74, 6) is 5.37. The van der Waals surface area contributed by atoms with E-state index in [2.05, 4.69) is 25.9 Å². The third-order valence-corrected chi connectivity index (χ3v) is 7.12. The van der Waals surface area contributed by atoms with Gasteiger partial charge < -0.3 is 31.3 Å². The summed E-state index contributed by atoms with van der Waals surface area (Å²) >= 11 is 0. The number of rotatable bonds is 9. The lowest BCUT2D eigenvalue weighted by Crippen LogP contribution is -2.38. The Labute approximate surface area is 242 Å². The van der Waals surface area contributed by atoms with E-state index in [1.807, 2.05) is 19.1 Å². The first-order valence-corrected chi connectivity index (χ1v) is 13.5. The lowest BCUT2D eigenvalue weighted by Gasteiger charge is -2.26. The molecule has 1 fully saturated rings. The van der Waals surface area contributed by atoms with Gasteiger partial charge in [0.05, 0.1) is 35.9 Å². The maximum absolute atomic E-state index is 15.1. The van der Waals surface area contributed by atoms with Crippen molar-refractivity contribution in [2.75, 3.05) is 50.1 Å². The van der Waals surface area contributed by atoms with E-state index >= 15 is 4.39 Å². The maximum Gasteiger partial charge on any atom is 0.257 e. The molecule has 42 heavy (non-hydrogen) atoms. The summed E-state index contributed by atoms with van der Waals surface area (Å²) in [4.78, 5) is 20.0. The van der Waals surface area contributed by atoms with Crippen molar-refractivity contribution in [3.8, 4) is 5.75 Å². The number of hydrogen-bond donors (Lipinski definition) is 6. The Morgan fingerprint density at radius 3 is 2.76 bits per heavy atom. The quantitative estimate of drug-likeness (QED) is 0.167. The first-order chi connectivity index (χ1) is 20.4. The SMILES string of the molecule is Cc1ccc2c(Nc3ccc(OCCN4CCOCC4)cc3F)nccc2c1NC(=O)C1=CC=C/C(=C(\N)NN)C1=N. The van der Waals surface area contributed by atoms with Crippen molar-refractivity contribution in [3.05, 3.63) is 89.2 Å². The molecule has 0 spiro atoms. The second-order valence-electron chi connectivity index (χ2n) is 9.82. The van der Waals surface area contributed by atoms with Gasteiger partial charge in [0.15, 0.2) is 0 Å². The van der Waals surface area contributed by atoms with Crippen LogP contribution in [-0.2, 0) is 9.53 Å². The zero-order valence-electron chi connectivity index (χ0n) is 23.2. The zero-order chi connectivity index (χ0) is 29.6. The van der Waals surface area contributed by atoms with Gasteiger partial charge in [0.1, 0.15) is 29.8 Å². The first kappa shape index (κ1) is 28.7. The van der Waals surface area contributed by atoms with Crippen molar-refractivity contribution in [2.45, 2.75) is 6.92 Å². The molecule has 2 aliphatic rings. The summed E-state index contributed by atoms with van der Waals surface area (Å²) in [5, 5.41) is 15.8. The van der Waals surface area contributed by atoms with Crippen molar-refractivity contribution in [3.63, 3.8) is 0 Å². The van der Waals surface area contributed by atoms with E-state index in [9.17, 15) is 4.79 Å². The van der Waals surface area contributed by atoms with Crippen molar-refractivity contribution in [1.29, 1.82) is 5.41 Å². The van der Waals surface area contributed by atoms with Crippen molar-refractivity contribution >= 4 is 39.6 Å². The molecule has 2 aromatic carbocycles. The first-order valence-electron chi connectivity index (χ1n) is 13.5. The summed E-state index contributed by atoms with van der Waals surface area (Å²) in [6.07, 6.45) is 6.35. The van der Waals surface area contributed by atoms with E-state index in [1.165, 1.54) is 6.07 Å². The van der Waals surface area contributed by atoms with Gasteiger partial charge >= 0.3 is 0 Å². The summed E-state index contributed by atoms with van der Waals surface area (Å²) < 4.78 is 26.2. The number of pyridine rings is 1. The number of benzene rings is 2. The monoisotopic (exact) mass is 572 g/mol. The van der Waals surface area contributed by atoms with Gasteiger partial charge in [-0.25, -0.2) is 15.2 Å². The molecule has 1 aliphatic carbocycles. The Hall–Kier alpha value is -4.78. The molecule has 0 saturated carbocycles. The van der Waals surface area contributed by atoms with E-state index in [0.29, 0.717) is 53.4 Å². The highest BCUT2D eigenvalue weighted by Crippen LogP contribution is 2.33. The van der Waals surface area contributed by atoms with Crippen LogP contribution in [0.3, 0.4) is 0 Å². The number of anilines is 3. The number of nitrogens with zero attached hydrogens (tertiary/aromatic N) is 2. The lowest BCUT2D eigenvalue weighted by molar-refractivity contribution is -0.112. The summed E-state index contributed by atoms with van der Waals surface area (Å²) in [7, 11) is 0. The molecule has 3 aromatic rings. The number of hydrogen-bond acceptors (Lipinski definition) is 10. The molecule has 1 amide bonds. The van der Waals surface area contributed by atoms with E-state index < -0.39 is 11.7 Å². The van der Waals surface area contributed by atoms with Crippen LogP contribution in [0.25, 0.3) is 10.8 Å². The maximum atomic E-state index is 15.1. The molecule has 1 aliphatic heterocycles. The molecule has 0 radical (unpaired) electrons. The smallest absolute Gasteiger partial charge is 0.257 e. The molecule has 2 heterocycles. The molecule has 1 aromatic heterocycles. The number of halogens is 1. The Balaban J connectivity index is 1.33. The van der Waals surface area contributed by atoms with Crippen LogP contribution in [0.4, 0.5) is 21.6 Å². The fourth-order valence-corrected chi connectivity index (χ4v) is 4.79. The number of nitrogens with one attached hydrogen (secondary N) is 4. The van der Waals surface area contributed by atoms with Gasteiger partial charge in [-0.3, -0.25) is 15.1 Å². The molecule has 11 nitrogen and oxygen atoms in total. The van der Waals surface area contributed by atoms with E-state index in [-0.39, 0.29) is 22.8 Å². The molecular weight excluding hydrogens is 539 g/mol. The molecule has 0 unspecified atom stereocenters. The fourth-order valence-electron chi connectivity index (χ4n) is 4.79. The predicted octanol–water partition coefficient (Wildman–Crippen LogP) is 3.22. The standard InChI is InChI=1S/C30H33FN8O3/c1-18-5-7-21-20(27(18)37-30(40)23-4-2-3-22(26(23)32)28(33)38-34)9-10-35-29(21)36-25-8-6-19(17-24(25)31)42-16-13-39-11-14-41-15-12-39/h2-10,17,32,38H,11-16,33-34H2,1H3,(H,35,36)(H,37,40)/b28-22-,32-26?. The van der Waals surface area contributed by atoms with Gasteiger partial charge in [0, 0.05) is 48.2 Å². The predicted molar refractivity (Wildman–Crippen MR) is 161 cm³/mol. The summed E-state index contributed by atoms with van der Waals surface area (Å²) in [6.45, 7) is 6.22. The number of nitrogens with two attached hydrogens (primary N) is 2. The van der Waals surface area contributed by atoms with Gasteiger partial charge in [-0.2, -0.15) is 0 Å². The molecule has 5 rings (SSSR count). The Bertz CT molecular complexity index is 1610. The van der Waals surface area contributed by atoms with Gasteiger partial charge in [-0.05, 0) is 42.8 Å². The van der Waals surface area contributed by atoms with Crippen LogP contribution in [0.2, 0.25) is 0 Å². The average Bonchev–Trinajstić information content (AvgIpc) is 3.00. The number of ether oxygens (including phenoxy) is 2. The normalized spacial score (nSPS) is 16.6. The number of allylic oxidation sites excluding steroid dienone is 4. The minimum atomic E-state index is -0.483. The number of aromatic nitrogens is 1. The highest BCUT2D eigenvalue weighted by Gasteiger charge is 2.22. The van der Waals surface area contributed by atoms with Gasteiger partial charge in [-0.15, -0.1) is 0 Å². The molecule has 8 N–H and O–H groups in total. The highest BCUT2D eigenvalue weighted by molar-refractivity contribution is 6.32. The van der Waals surface area contributed by atoms with Gasteiger partial charge in [0.2, 0.25) is 0 Å². The average molecular weight is 573 g/mol. The number of carbonyl (C=O) groups excluding carboxylic acids is 1. The second-order valence-corrected chi connectivity index (χ2v) is 9.82. The van der Waals surface area contributed by atoms with Crippen molar-refractivity contribution < 1.29 is 18.7 Å². The molecule has 12 heteroatoms. The van der Waals surface area contributed by atoms with Crippen LogP contribution in [0.5, 0.6) is 5.75 Å². The number of morpholine rings is 1. The van der Waals surface area contributed by atoms with Crippen LogP contribution in [0.15, 0.2) is 77.8 Å². The number of hydrazine groups is 1. The number of carbonyl (C=O) groups is 1. The Morgan fingerprint density at radius 2 is 2.00 bits per heavy atom. The third kappa shape index (κ3) is 6.25. The molecular formula is C30H33FN8O3. The zero-order valence-corrected chi connectivity index (χ0v) is 23.2. The highest BCUT2D eigenvalue weighted by atomic mass is 19.1. The minimum Gasteiger partial charge on any atom is -0.492 e. The van der Waals surface area contributed by atoms with Crippen molar-refractivity contribution in [2.24, 2.45) is 11.6 Å². The van der Waals surface area contributed by atoms with Crippen LogP contribution in [0.1, 0.15) is 5.56 Å². The minimum absolute atomic E-state index is 0.0589. The van der Waals surface area contributed by atoms with Crippen LogP contribution < -0.4 is 32.4 Å². The lowest BCUT2D eigenvalue weighted by atomic mass is 9.96. The van der Waals surface area contributed by atoms with E-state index in [4.69, 9.17) is 26.5 Å². The number of amides is 1. The molecule has 0 bridgehead atoms. The number of fused-ring (bicyclic) bond motifs is 1. The topological polar surface area (TPSA) is 164 Å². The second kappa shape index (κ2) is 12.8. The van der Waals surface area contributed by atoms with E-state index in [1.54, 1.807) is 42.6 Å². The number of aryl methyl sites for hydroxylation is 1. The van der Waals surface area contributed by atoms with Crippen LogP contribution in [-0.4, -0.2) is 61.0 Å². The fraction of sp³-hybridized carbons (Fsp3) is 0.233. The third-order valence-electron chi connectivity index (χ3n) is 7.12. The summed E-state index contributed by atoms with van der Waals surface area (Å²) in [5.41, 5.74) is 10.1.